The van der Waals surface area contributed by atoms with E-state index in [2.05, 4.69) is 4.74 Å². The van der Waals surface area contributed by atoms with Crippen molar-refractivity contribution in [2.45, 2.75) is 25.7 Å². The normalized spacial score (nSPS) is 14.1. The van der Waals surface area contributed by atoms with Crippen LogP contribution in [0.4, 0.5) is 0 Å². The number of aliphatic hydroxyl groups excluding tert-OH is 2. The molecule has 0 radical (unpaired) electrons. The average Bonchev–Trinajstić information content (AvgIpc) is 2.37. The number of hydrogen-bond acceptors (Lipinski definition) is 5. The van der Waals surface area contributed by atoms with E-state index in [1.165, 1.54) is 0 Å². The Morgan fingerprint density at radius 2 is 1.94 bits per heavy atom. The van der Waals surface area contributed by atoms with Crippen molar-refractivity contribution in [2.75, 3.05) is 6.61 Å². The first-order chi connectivity index (χ1) is 8.10. The van der Waals surface area contributed by atoms with Gasteiger partial charge in [0.1, 0.15) is 6.10 Å². The Morgan fingerprint density at radius 3 is 2.41 bits per heavy atom. The minimum atomic E-state index is -1.57. The van der Waals surface area contributed by atoms with E-state index in [4.69, 9.17) is 5.73 Å². The third-order valence-corrected chi connectivity index (χ3v) is 2.38. The van der Waals surface area contributed by atoms with E-state index in [1.54, 1.807) is 31.2 Å². The van der Waals surface area contributed by atoms with Crippen LogP contribution in [0.1, 0.15) is 24.2 Å². The van der Waals surface area contributed by atoms with Crippen molar-refractivity contribution in [3.05, 3.63) is 35.4 Å². The molecule has 17 heavy (non-hydrogen) atoms. The number of nitrogens with two attached hydrogens (primary N) is 1. The minimum Gasteiger partial charge on any atom is -0.464 e. The summed E-state index contributed by atoms with van der Waals surface area (Å²) in [6, 6.07) is 6.71. The fraction of sp³-hybridized carbons (Fsp3) is 0.417. The van der Waals surface area contributed by atoms with Gasteiger partial charge < -0.3 is 20.7 Å². The molecule has 0 bridgehead atoms. The topological polar surface area (TPSA) is 92.8 Å². The molecule has 0 saturated heterocycles. The fourth-order valence-electron chi connectivity index (χ4n) is 1.39. The van der Waals surface area contributed by atoms with Gasteiger partial charge in [-0.15, -0.1) is 0 Å². The predicted octanol–water partition coefficient (Wildman–Crippen LogP) is 0.103. The molecule has 0 amide bonds. The third-order valence-electron chi connectivity index (χ3n) is 2.38. The lowest BCUT2D eigenvalue weighted by Crippen LogP contribution is -2.29. The molecule has 0 fully saturated rings. The highest BCUT2D eigenvalue weighted by Crippen LogP contribution is 2.18. The lowest BCUT2D eigenvalue weighted by atomic mass is 10.0. The molecule has 0 aromatic heterocycles. The molecule has 0 aliphatic rings. The van der Waals surface area contributed by atoms with E-state index in [-0.39, 0.29) is 6.61 Å². The van der Waals surface area contributed by atoms with Crippen molar-refractivity contribution < 1.29 is 19.7 Å². The summed E-state index contributed by atoms with van der Waals surface area (Å²) in [7, 11) is 0. The SMILES string of the molecule is CCOC(=O)C(O)C(O)c1ccc(CN)cc1. The van der Waals surface area contributed by atoms with Crippen LogP contribution in [0.2, 0.25) is 0 Å². The van der Waals surface area contributed by atoms with Gasteiger partial charge in [-0.05, 0) is 18.1 Å². The van der Waals surface area contributed by atoms with Gasteiger partial charge in [-0.1, -0.05) is 24.3 Å². The van der Waals surface area contributed by atoms with Crippen LogP contribution in [0.3, 0.4) is 0 Å². The number of carbonyl (C=O) groups is 1. The smallest absolute Gasteiger partial charge is 0.338 e. The zero-order valence-corrected chi connectivity index (χ0v) is 9.67. The first-order valence-corrected chi connectivity index (χ1v) is 5.41. The van der Waals surface area contributed by atoms with Crippen LogP contribution >= 0.6 is 0 Å². The van der Waals surface area contributed by atoms with Gasteiger partial charge in [0.2, 0.25) is 0 Å². The molecule has 1 aromatic rings. The Kier molecular flexibility index (Phi) is 5.09. The van der Waals surface area contributed by atoms with E-state index in [9.17, 15) is 15.0 Å². The number of carbonyl (C=O) groups excluding carboxylic acids is 1. The molecule has 5 heteroatoms. The second-order valence-electron chi connectivity index (χ2n) is 3.59. The van der Waals surface area contributed by atoms with Crippen LogP contribution in [0.15, 0.2) is 24.3 Å². The first-order valence-electron chi connectivity index (χ1n) is 5.41. The molecule has 0 saturated carbocycles. The zero-order chi connectivity index (χ0) is 12.8. The first kappa shape index (κ1) is 13.6. The van der Waals surface area contributed by atoms with Gasteiger partial charge in [-0.2, -0.15) is 0 Å². The second kappa shape index (κ2) is 6.34. The number of rotatable bonds is 5. The standard InChI is InChI=1S/C12H17NO4/c1-2-17-12(16)11(15)10(14)9-5-3-8(7-13)4-6-9/h3-6,10-11,14-15H,2,7,13H2,1H3. The largest absolute Gasteiger partial charge is 0.464 e. The van der Waals surface area contributed by atoms with Crippen molar-refractivity contribution in [1.29, 1.82) is 0 Å². The summed E-state index contributed by atoms with van der Waals surface area (Å²) in [5, 5.41) is 19.3. The molecule has 4 N–H and O–H groups in total. The van der Waals surface area contributed by atoms with Crippen molar-refractivity contribution in [2.24, 2.45) is 5.73 Å². The highest BCUT2D eigenvalue weighted by Gasteiger charge is 2.26. The molecular weight excluding hydrogens is 222 g/mol. The summed E-state index contributed by atoms with van der Waals surface area (Å²) in [4.78, 5) is 11.2. The van der Waals surface area contributed by atoms with Crippen LogP contribution in [-0.2, 0) is 16.1 Å². The van der Waals surface area contributed by atoms with E-state index in [0.29, 0.717) is 12.1 Å². The molecule has 0 heterocycles. The predicted molar refractivity (Wildman–Crippen MR) is 61.9 cm³/mol. The molecule has 2 unspecified atom stereocenters. The van der Waals surface area contributed by atoms with Crippen molar-refractivity contribution in [1.82, 2.24) is 0 Å². The van der Waals surface area contributed by atoms with E-state index in [0.717, 1.165) is 5.56 Å². The highest BCUT2D eigenvalue weighted by atomic mass is 16.5. The number of ether oxygens (including phenoxy) is 1. The Labute approximate surface area is 99.8 Å². The van der Waals surface area contributed by atoms with Gasteiger partial charge in [-0.25, -0.2) is 4.79 Å². The van der Waals surface area contributed by atoms with Gasteiger partial charge >= 0.3 is 5.97 Å². The van der Waals surface area contributed by atoms with E-state index >= 15 is 0 Å². The summed E-state index contributed by atoms with van der Waals surface area (Å²) in [5.74, 6) is -0.831. The van der Waals surface area contributed by atoms with Crippen LogP contribution in [0.5, 0.6) is 0 Å². The maximum atomic E-state index is 11.2. The van der Waals surface area contributed by atoms with Gasteiger partial charge in [0.15, 0.2) is 6.10 Å². The maximum absolute atomic E-state index is 11.2. The van der Waals surface area contributed by atoms with Gasteiger partial charge in [0.05, 0.1) is 6.61 Å². The van der Waals surface area contributed by atoms with Crippen LogP contribution in [0.25, 0.3) is 0 Å². The molecule has 1 aromatic carbocycles. The van der Waals surface area contributed by atoms with E-state index < -0.39 is 18.2 Å². The zero-order valence-electron chi connectivity index (χ0n) is 9.67. The molecule has 5 nitrogen and oxygen atoms in total. The molecule has 1 rings (SSSR count). The molecule has 0 aliphatic heterocycles. The third kappa shape index (κ3) is 3.52. The Balaban J connectivity index is 2.73. The molecule has 94 valence electrons. The number of hydrogen-bond donors (Lipinski definition) is 3. The molecule has 0 spiro atoms. The van der Waals surface area contributed by atoms with Gasteiger partial charge in [0, 0.05) is 6.54 Å². The van der Waals surface area contributed by atoms with Crippen LogP contribution in [-0.4, -0.2) is 28.9 Å². The molecule has 2 atom stereocenters. The Hall–Kier alpha value is -1.43. The summed E-state index contributed by atoms with van der Waals surface area (Å²) < 4.78 is 4.62. The van der Waals surface area contributed by atoms with Gasteiger partial charge in [0.25, 0.3) is 0 Å². The van der Waals surface area contributed by atoms with Gasteiger partial charge in [-0.3, -0.25) is 0 Å². The number of esters is 1. The average molecular weight is 239 g/mol. The van der Waals surface area contributed by atoms with Crippen LogP contribution < -0.4 is 5.73 Å². The highest BCUT2D eigenvalue weighted by molar-refractivity contribution is 5.75. The summed E-state index contributed by atoms with van der Waals surface area (Å²) in [5.41, 5.74) is 6.79. The van der Waals surface area contributed by atoms with Crippen molar-refractivity contribution >= 4 is 5.97 Å². The van der Waals surface area contributed by atoms with Crippen molar-refractivity contribution in [3.8, 4) is 0 Å². The molecular formula is C12H17NO4. The minimum absolute atomic E-state index is 0.161. The lowest BCUT2D eigenvalue weighted by molar-refractivity contribution is -0.159. The van der Waals surface area contributed by atoms with Crippen molar-refractivity contribution in [3.63, 3.8) is 0 Å². The summed E-state index contributed by atoms with van der Waals surface area (Å²) in [6.45, 7) is 2.19. The molecule has 0 aliphatic carbocycles. The second-order valence-corrected chi connectivity index (χ2v) is 3.59. The monoisotopic (exact) mass is 239 g/mol. The Morgan fingerprint density at radius 1 is 1.35 bits per heavy atom. The number of benzene rings is 1. The van der Waals surface area contributed by atoms with Crippen LogP contribution in [0, 0.1) is 0 Å². The summed E-state index contributed by atoms with van der Waals surface area (Å²) >= 11 is 0. The summed E-state index contributed by atoms with van der Waals surface area (Å²) in [6.07, 6.45) is -2.86. The Bertz CT molecular complexity index is 363. The quantitative estimate of drug-likeness (QED) is 0.634. The number of aliphatic hydroxyl groups is 2. The van der Waals surface area contributed by atoms with E-state index in [1.807, 2.05) is 0 Å². The fourth-order valence-corrected chi connectivity index (χ4v) is 1.39. The lowest BCUT2D eigenvalue weighted by Gasteiger charge is -2.16. The maximum Gasteiger partial charge on any atom is 0.338 e.